The van der Waals surface area contributed by atoms with Crippen molar-refractivity contribution in [1.82, 2.24) is 9.47 Å². The summed E-state index contributed by atoms with van der Waals surface area (Å²) in [6.45, 7) is 5.20. The van der Waals surface area contributed by atoms with Gasteiger partial charge in [-0.1, -0.05) is 43.7 Å². The fourth-order valence-electron chi connectivity index (χ4n) is 3.50. The molecule has 1 unspecified atom stereocenters. The van der Waals surface area contributed by atoms with Gasteiger partial charge in [0.05, 0.1) is 6.54 Å². The van der Waals surface area contributed by atoms with Gasteiger partial charge < -0.3 is 4.57 Å². The van der Waals surface area contributed by atoms with Gasteiger partial charge in [0.2, 0.25) is 0 Å². The molecule has 1 aromatic carbocycles. The SMILES string of the molecule is CCC1CCCCN1Cc1ccc(Cn2ccccc2=O)cc1. The average molecular weight is 310 g/mol. The van der Waals surface area contributed by atoms with Crippen LogP contribution in [0.15, 0.2) is 53.5 Å². The molecule has 0 bridgehead atoms. The monoisotopic (exact) mass is 310 g/mol. The van der Waals surface area contributed by atoms with Crippen molar-refractivity contribution in [2.24, 2.45) is 0 Å². The molecule has 3 rings (SSSR count). The van der Waals surface area contributed by atoms with Crippen molar-refractivity contribution in [3.63, 3.8) is 0 Å². The number of nitrogens with zero attached hydrogens (tertiary/aromatic N) is 2. The number of likely N-dealkylation sites (tertiary alicyclic amines) is 1. The predicted octanol–water partition coefficient (Wildman–Crippen LogP) is 3.66. The number of aromatic nitrogens is 1. The van der Waals surface area contributed by atoms with Crippen LogP contribution in [-0.2, 0) is 13.1 Å². The van der Waals surface area contributed by atoms with E-state index in [1.54, 1.807) is 16.7 Å². The smallest absolute Gasteiger partial charge is 0.250 e. The lowest BCUT2D eigenvalue weighted by Gasteiger charge is -2.35. The molecule has 0 N–H and O–H groups in total. The Balaban J connectivity index is 1.65. The second kappa shape index (κ2) is 7.60. The van der Waals surface area contributed by atoms with Crippen molar-refractivity contribution in [3.8, 4) is 0 Å². The minimum Gasteiger partial charge on any atom is -0.311 e. The first-order valence-corrected chi connectivity index (χ1v) is 8.73. The summed E-state index contributed by atoms with van der Waals surface area (Å²) in [5.74, 6) is 0. The molecule has 0 amide bonds. The summed E-state index contributed by atoms with van der Waals surface area (Å²) in [5.41, 5.74) is 2.60. The summed E-state index contributed by atoms with van der Waals surface area (Å²) < 4.78 is 1.74. The fourth-order valence-corrected chi connectivity index (χ4v) is 3.50. The summed E-state index contributed by atoms with van der Waals surface area (Å²) in [6.07, 6.45) is 7.13. The minimum atomic E-state index is 0.0516. The zero-order chi connectivity index (χ0) is 16.1. The molecule has 122 valence electrons. The number of benzene rings is 1. The molecular formula is C20H26N2O. The van der Waals surface area contributed by atoms with Crippen LogP contribution in [0.4, 0.5) is 0 Å². The van der Waals surface area contributed by atoms with Crippen molar-refractivity contribution in [2.75, 3.05) is 6.54 Å². The number of pyridine rings is 1. The summed E-state index contributed by atoms with van der Waals surface area (Å²) in [5, 5.41) is 0. The van der Waals surface area contributed by atoms with E-state index in [4.69, 9.17) is 0 Å². The Morgan fingerprint density at radius 3 is 2.43 bits per heavy atom. The Bertz CT molecular complexity index is 675. The molecule has 1 saturated heterocycles. The third-order valence-corrected chi connectivity index (χ3v) is 4.88. The molecule has 1 fully saturated rings. The molecule has 1 atom stereocenters. The van der Waals surface area contributed by atoms with Gasteiger partial charge in [-0.3, -0.25) is 9.69 Å². The third kappa shape index (κ3) is 4.11. The summed E-state index contributed by atoms with van der Waals surface area (Å²) in [7, 11) is 0. The Hall–Kier alpha value is -1.87. The number of hydrogen-bond acceptors (Lipinski definition) is 2. The molecule has 2 heterocycles. The van der Waals surface area contributed by atoms with Gasteiger partial charge in [-0.15, -0.1) is 0 Å². The first-order valence-electron chi connectivity index (χ1n) is 8.73. The highest BCUT2D eigenvalue weighted by Gasteiger charge is 2.20. The van der Waals surface area contributed by atoms with Crippen LogP contribution < -0.4 is 5.56 Å². The van der Waals surface area contributed by atoms with Gasteiger partial charge in [0, 0.05) is 24.8 Å². The van der Waals surface area contributed by atoms with E-state index in [0.717, 1.165) is 12.6 Å². The highest BCUT2D eigenvalue weighted by Crippen LogP contribution is 2.21. The maximum Gasteiger partial charge on any atom is 0.250 e. The number of hydrogen-bond donors (Lipinski definition) is 0. The minimum absolute atomic E-state index is 0.0516. The standard InChI is InChI=1S/C20H26N2O/c1-2-19-7-3-5-13-21(19)15-17-9-11-18(12-10-17)16-22-14-6-4-8-20(22)23/h4,6,8-12,14,19H,2-3,5,7,13,15-16H2,1H3. The van der Waals surface area contributed by atoms with Crippen LogP contribution in [0.25, 0.3) is 0 Å². The summed E-state index contributed by atoms with van der Waals surface area (Å²) in [6, 6.07) is 14.8. The molecule has 2 aromatic rings. The maximum absolute atomic E-state index is 11.8. The van der Waals surface area contributed by atoms with Crippen LogP contribution in [0.3, 0.4) is 0 Å². The van der Waals surface area contributed by atoms with Crippen molar-refractivity contribution < 1.29 is 0 Å². The lowest BCUT2D eigenvalue weighted by molar-refractivity contribution is 0.136. The van der Waals surface area contributed by atoms with Gasteiger partial charge in [-0.25, -0.2) is 0 Å². The molecule has 0 radical (unpaired) electrons. The van der Waals surface area contributed by atoms with Crippen molar-refractivity contribution in [2.45, 2.75) is 51.7 Å². The van der Waals surface area contributed by atoms with Gasteiger partial charge >= 0.3 is 0 Å². The van der Waals surface area contributed by atoms with Gasteiger partial charge in [-0.05, 0) is 43.0 Å². The van der Waals surface area contributed by atoms with E-state index in [9.17, 15) is 4.79 Å². The Kier molecular flexibility index (Phi) is 5.29. The van der Waals surface area contributed by atoms with Gasteiger partial charge in [0.1, 0.15) is 0 Å². The van der Waals surface area contributed by atoms with E-state index in [-0.39, 0.29) is 5.56 Å². The van der Waals surface area contributed by atoms with Crippen LogP contribution in [0.1, 0.15) is 43.7 Å². The summed E-state index contributed by atoms with van der Waals surface area (Å²) >= 11 is 0. The topological polar surface area (TPSA) is 25.2 Å². The molecule has 3 nitrogen and oxygen atoms in total. The highest BCUT2D eigenvalue weighted by atomic mass is 16.1. The average Bonchev–Trinajstić information content (AvgIpc) is 2.59. The molecule has 0 saturated carbocycles. The van der Waals surface area contributed by atoms with Gasteiger partial charge in [-0.2, -0.15) is 0 Å². The predicted molar refractivity (Wildman–Crippen MR) is 94.6 cm³/mol. The van der Waals surface area contributed by atoms with E-state index in [2.05, 4.69) is 36.1 Å². The molecule has 1 aliphatic heterocycles. The van der Waals surface area contributed by atoms with E-state index in [0.29, 0.717) is 6.54 Å². The second-order valence-electron chi connectivity index (χ2n) is 6.51. The molecule has 3 heteroatoms. The quantitative estimate of drug-likeness (QED) is 0.842. The molecular weight excluding hydrogens is 284 g/mol. The highest BCUT2D eigenvalue weighted by molar-refractivity contribution is 5.23. The number of rotatable bonds is 5. The Labute approximate surface area is 138 Å². The first-order chi connectivity index (χ1) is 11.3. The largest absolute Gasteiger partial charge is 0.311 e. The second-order valence-corrected chi connectivity index (χ2v) is 6.51. The van der Waals surface area contributed by atoms with E-state index >= 15 is 0 Å². The Morgan fingerprint density at radius 2 is 1.74 bits per heavy atom. The number of piperidine rings is 1. The van der Waals surface area contributed by atoms with E-state index in [1.165, 1.54) is 43.4 Å². The normalized spacial score (nSPS) is 18.9. The Morgan fingerprint density at radius 1 is 1.00 bits per heavy atom. The maximum atomic E-state index is 11.8. The van der Waals surface area contributed by atoms with Crippen LogP contribution in [0.2, 0.25) is 0 Å². The fraction of sp³-hybridized carbons (Fsp3) is 0.450. The van der Waals surface area contributed by atoms with Crippen LogP contribution in [0.5, 0.6) is 0 Å². The van der Waals surface area contributed by atoms with Crippen LogP contribution in [-0.4, -0.2) is 22.1 Å². The van der Waals surface area contributed by atoms with Crippen molar-refractivity contribution in [3.05, 3.63) is 70.1 Å². The summed E-state index contributed by atoms with van der Waals surface area (Å²) in [4.78, 5) is 14.4. The molecule has 23 heavy (non-hydrogen) atoms. The van der Waals surface area contributed by atoms with Crippen molar-refractivity contribution in [1.29, 1.82) is 0 Å². The van der Waals surface area contributed by atoms with Gasteiger partial charge in [0.25, 0.3) is 5.56 Å². The van der Waals surface area contributed by atoms with Gasteiger partial charge in [0.15, 0.2) is 0 Å². The zero-order valence-electron chi connectivity index (χ0n) is 13.9. The van der Waals surface area contributed by atoms with E-state index in [1.807, 2.05) is 12.3 Å². The van der Waals surface area contributed by atoms with Crippen LogP contribution >= 0.6 is 0 Å². The lowest BCUT2D eigenvalue weighted by atomic mass is 9.99. The van der Waals surface area contributed by atoms with E-state index < -0.39 is 0 Å². The zero-order valence-corrected chi connectivity index (χ0v) is 13.9. The van der Waals surface area contributed by atoms with Crippen molar-refractivity contribution >= 4 is 0 Å². The molecule has 1 aromatic heterocycles. The van der Waals surface area contributed by atoms with Crippen LogP contribution in [0, 0.1) is 0 Å². The first kappa shape index (κ1) is 16.0. The lowest BCUT2D eigenvalue weighted by Crippen LogP contribution is -2.38. The molecule has 0 spiro atoms. The molecule has 0 aliphatic carbocycles. The third-order valence-electron chi connectivity index (χ3n) is 4.88. The molecule has 1 aliphatic rings.